The number of aromatic nitrogens is 3. The molecule has 0 radical (unpaired) electrons. The molecule has 0 aromatic carbocycles. The number of carboxylic acid groups (broad SMARTS) is 1. The Bertz CT molecular complexity index is 948. The second-order valence-electron chi connectivity index (χ2n) is 6.83. The van der Waals surface area contributed by atoms with E-state index in [0.29, 0.717) is 9.92 Å². The molecule has 10 nitrogen and oxygen atoms in total. The van der Waals surface area contributed by atoms with Crippen molar-refractivity contribution in [3.63, 3.8) is 0 Å². The van der Waals surface area contributed by atoms with E-state index in [1.807, 2.05) is 0 Å². The van der Waals surface area contributed by atoms with Gasteiger partial charge in [0.05, 0.1) is 12.2 Å². The van der Waals surface area contributed by atoms with Crippen LogP contribution in [0, 0.1) is 5.41 Å². The van der Waals surface area contributed by atoms with Crippen molar-refractivity contribution in [1.82, 2.24) is 24.6 Å². The van der Waals surface area contributed by atoms with Crippen LogP contribution < -0.4 is 34.7 Å². The van der Waals surface area contributed by atoms with E-state index in [2.05, 4.69) is 15.4 Å². The van der Waals surface area contributed by atoms with Crippen LogP contribution in [-0.4, -0.2) is 76.4 Å². The Balaban J connectivity index is 0.00000272. The van der Waals surface area contributed by atoms with Gasteiger partial charge in [-0.15, -0.1) is 44.3 Å². The molecule has 160 valence electrons. The van der Waals surface area contributed by atoms with Crippen LogP contribution in [0.2, 0.25) is 0 Å². The van der Waals surface area contributed by atoms with Crippen LogP contribution in [0.4, 0.5) is 0 Å². The van der Waals surface area contributed by atoms with Crippen LogP contribution in [0.1, 0.15) is 6.92 Å². The second kappa shape index (κ2) is 10.0. The van der Waals surface area contributed by atoms with E-state index in [1.165, 1.54) is 52.9 Å². The molecule has 0 aliphatic carbocycles. The molecular weight excluding hydrogens is 493 g/mol. The van der Waals surface area contributed by atoms with E-state index >= 15 is 0 Å². The van der Waals surface area contributed by atoms with E-state index in [1.54, 1.807) is 16.8 Å². The predicted molar refractivity (Wildman–Crippen MR) is 110 cm³/mol. The van der Waals surface area contributed by atoms with Crippen molar-refractivity contribution in [2.45, 2.75) is 28.3 Å². The number of nitrogens with one attached hydrogen (secondary N) is 1. The smallest absolute Gasteiger partial charge is 0.588 e. The molecule has 1 N–H and O–H groups in total. The molecule has 15 heteroatoms. The average molecular weight is 510 g/mol. The number of hydrogen-bond acceptors (Lipinski definition) is 10. The van der Waals surface area contributed by atoms with Gasteiger partial charge in [0.25, 0.3) is 11.8 Å². The Morgan fingerprint density at radius 2 is 2.29 bits per heavy atom. The summed E-state index contributed by atoms with van der Waals surface area (Å²) in [7, 11) is 0. The number of H-pyrrole nitrogens is 1. The number of carbonyl (C=O) groups excluding carboxylic acids is 3. The third-order valence-corrected chi connectivity index (χ3v) is 9.97. The van der Waals surface area contributed by atoms with Crippen molar-refractivity contribution in [1.29, 1.82) is 0 Å². The summed E-state index contributed by atoms with van der Waals surface area (Å²) in [6.07, 6.45) is 1.49. The summed E-state index contributed by atoms with van der Waals surface area (Å²) in [5.74, 6) is -1.78. The van der Waals surface area contributed by atoms with E-state index in [-0.39, 0.29) is 47.6 Å². The van der Waals surface area contributed by atoms with Gasteiger partial charge in [-0.3, -0.25) is 9.59 Å². The van der Waals surface area contributed by atoms with Gasteiger partial charge < -0.3 is 19.4 Å². The minimum atomic E-state index is -1.80. The number of thiophene rings is 1. The molecule has 2 aliphatic rings. The molecule has 0 saturated carbocycles. The summed E-state index contributed by atoms with van der Waals surface area (Å²) in [6, 6.07) is 0.754. The summed E-state index contributed by atoms with van der Waals surface area (Å²) in [4.78, 5) is 39.0. The van der Waals surface area contributed by atoms with Crippen molar-refractivity contribution in [2.75, 3.05) is 18.1 Å². The van der Waals surface area contributed by atoms with Gasteiger partial charge in [-0.2, -0.15) is 10.3 Å². The maximum atomic E-state index is 12.9. The molecule has 0 bridgehead atoms. The van der Waals surface area contributed by atoms with Gasteiger partial charge in [0.2, 0.25) is 0 Å². The third kappa shape index (κ3) is 4.67. The number of carbonyl (C=O) groups is 3. The van der Waals surface area contributed by atoms with E-state index in [0.717, 1.165) is 4.31 Å². The number of carboxylic acids is 1. The summed E-state index contributed by atoms with van der Waals surface area (Å²) < 4.78 is 14.0. The van der Waals surface area contributed by atoms with Crippen LogP contribution in [0.5, 0.6) is 0 Å². The zero-order valence-electron chi connectivity index (χ0n) is 16.5. The number of aromatic amines is 1. The normalized spacial score (nSPS) is 25.7. The van der Waals surface area contributed by atoms with Crippen LogP contribution in [0.15, 0.2) is 32.9 Å². The molecular formula is C16H16N5NaO5S4. The van der Waals surface area contributed by atoms with Gasteiger partial charge in [-0.1, -0.05) is 0 Å². The predicted octanol–water partition coefficient (Wildman–Crippen LogP) is -3.45. The first kappa shape index (κ1) is 24.9. The zero-order valence-corrected chi connectivity index (χ0v) is 21.8. The monoisotopic (exact) mass is 509 g/mol. The summed E-state index contributed by atoms with van der Waals surface area (Å²) in [6.45, 7) is 1.23. The average Bonchev–Trinajstić information content (AvgIpc) is 3.43. The molecule has 4 atom stereocenters. The molecule has 2 aromatic rings. The molecule has 3 unspecified atom stereocenters. The van der Waals surface area contributed by atoms with Crippen molar-refractivity contribution in [3.8, 4) is 0 Å². The molecule has 2 fully saturated rings. The molecule has 2 amide bonds. The number of hydrogen-bond donors (Lipinski definition) is 1. The van der Waals surface area contributed by atoms with E-state index < -0.39 is 46.0 Å². The number of thioether (sulfide) groups is 2. The molecule has 2 aromatic heterocycles. The Kier molecular flexibility index (Phi) is 8.06. The molecule has 2 aliphatic heterocycles. The van der Waals surface area contributed by atoms with Crippen molar-refractivity contribution in [3.05, 3.63) is 23.0 Å². The SMILES string of the molecule is CC(=O)N(C1C(=O)N2CC(CSc3cn[nH]n3)(C(=O)[O-])CS[C@H]12)[S+]([O-])c1ccsc1.[Na+]. The minimum absolute atomic E-state index is 0. The summed E-state index contributed by atoms with van der Waals surface area (Å²) in [5, 5.41) is 25.5. The van der Waals surface area contributed by atoms with E-state index in [4.69, 9.17) is 0 Å². The molecule has 31 heavy (non-hydrogen) atoms. The van der Waals surface area contributed by atoms with Gasteiger partial charge >= 0.3 is 29.6 Å². The minimum Gasteiger partial charge on any atom is -0.588 e. The number of β-lactam (4-membered cyclic amide) rings is 1. The quantitative estimate of drug-likeness (QED) is 0.174. The van der Waals surface area contributed by atoms with Crippen LogP contribution in [-0.2, 0) is 25.7 Å². The molecule has 4 heterocycles. The Morgan fingerprint density at radius 1 is 1.52 bits per heavy atom. The number of fused-ring (bicyclic) bond motifs is 1. The maximum absolute atomic E-state index is 12.9. The topological polar surface area (TPSA) is 145 Å². The van der Waals surface area contributed by atoms with Crippen molar-refractivity contribution in [2.24, 2.45) is 5.41 Å². The Labute approximate surface area is 215 Å². The first-order chi connectivity index (χ1) is 14.3. The second-order valence-corrected chi connectivity index (χ2v) is 11.1. The Hall–Kier alpha value is -0.740. The standard InChI is InChI=1S/C16H17N5O5S4.Na/c1-9(22)21(30(26)10-2-3-27-5-10)12-13(23)20-6-16(15(24)25,8-29-14(12)20)7-28-11-4-17-19-18-11;/h2-5,12,14H,6-8H2,1H3,(H,24,25)(H,17,18,19);/q;+1/p-1/t12?,14-,16?,30?;/m1./s1. The summed E-state index contributed by atoms with van der Waals surface area (Å²) >= 11 is 2.02. The number of rotatable bonds is 7. The van der Waals surface area contributed by atoms with Crippen LogP contribution in [0.25, 0.3) is 0 Å². The summed E-state index contributed by atoms with van der Waals surface area (Å²) in [5.41, 5.74) is -1.26. The number of aliphatic carboxylic acids is 1. The first-order valence-electron chi connectivity index (χ1n) is 8.70. The fourth-order valence-electron chi connectivity index (χ4n) is 3.31. The van der Waals surface area contributed by atoms with Gasteiger partial charge in [0.1, 0.15) is 21.8 Å². The van der Waals surface area contributed by atoms with Gasteiger partial charge in [0, 0.05) is 41.8 Å². The Morgan fingerprint density at radius 3 is 2.87 bits per heavy atom. The van der Waals surface area contributed by atoms with Gasteiger partial charge in [-0.05, 0) is 5.38 Å². The molecule has 0 spiro atoms. The molecule has 4 rings (SSSR count). The van der Waals surface area contributed by atoms with Crippen LogP contribution >= 0.6 is 34.9 Å². The first-order valence-corrected chi connectivity index (χ1v) is 12.8. The largest absolute Gasteiger partial charge is 1.00 e. The number of nitrogens with zero attached hydrogens (tertiary/aromatic N) is 4. The van der Waals surface area contributed by atoms with Gasteiger partial charge in [-0.25, -0.2) is 0 Å². The van der Waals surface area contributed by atoms with E-state index in [9.17, 15) is 24.0 Å². The van der Waals surface area contributed by atoms with Gasteiger partial charge in [0.15, 0.2) is 10.9 Å². The third-order valence-electron chi connectivity index (χ3n) is 4.88. The van der Waals surface area contributed by atoms with Crippen molar-refractivity contribution >= 4 is 64.0 Å². The maximum Gasteiger partial charge on any atom is 1.00 e. The van der Waals surface area contributed by atoms with Crippen molar-refractivity contribution < 1.29 is 53.6 Å². The van der Waals surface area contributed by atoms with Crippen LogP contribution in [0.3, 0.4) is 0 Å². The molecule has 2 saturated heterocycles. The number of amides is 2. The zero-order chi connectivity index (χ0) is 21.5. The fourth-order valence-corrected chi connectivity index (χ4v) is 8.22. The fraction of sp³-hybridized carbons (Fsp3) is 0.438.